The fourth-order valence-electron chi connectivity index (χ4n) is 2.73. The van der Waals surface area contributed by atoms with E-state index in [0.29, 0.717) is 61.5 Å². The van der Waals surface area contributed by atoms with Gasteiger partial charge in [-0.05, 0) is 30.7 Å². The van der Waals surface area contributed by atoms with Crippen molar-refractivity contribution in [3.63, 3.8) is 0 Å². The van der Waals surface area contributed by atoms with Gasteiger partial charge in [-0.3, -0.25) is 14.5 Å². The smallest absolute Gasteiger partial charge is 0.288 e. The summed E-state index contributed by atoms with van der Waals surface area (Å²) < 4.78 is 24.7. The Labute approximate surface area is 157 Å². The zero-order chi connectivity index (χ0) is 18.9. The number of hydrogen-bond acceptors (Lipinski definition) is 4. The number of amides is 2. The van der Waals surface area contributed by atoms with E-state index in [1.807, 2.05) is 4.90 Å². The molecule has 0 saturated carbocycles. The molecule has 1 heterocycles. The molecule has 1 fully saturated rings. The van der Waals surface area contributed by atoms with Gasteiger partial charge < -0.3 is 10.2 Å². The highest BCUT2D eigenvalue weighted by molar-refractivity contribution is 7.99. The van der Waals surface area contributed by atoms with Crippen molar-refractivity contribution in [1.29, 1.82) is 0 Å². The molecule has 2 amide bonds. The van der Waals surface area contributed by atoms with Gasteiger partial charge >= 0.3 is 0 Å². The lowest BCUT2D eigenvalue weighted by molar-refractivity contribution is -0.122. The highest BCUT2D eigenvalue weighted by Gasteiger charge is 2.23. The molecule has 1 saturated heterocycles. The van der Waals surface area contributed by atoms with Crippen molar-refractivity contribution in [2.45, 2.75) is 30.4 Å². The molecule has 26 heavy (non-hydrogen) atoms. The number of benzene rings is 1. The number of carbonyl (C=O) groups is 2. The SMILES string of the molecule is CCCCNC(=O)CN1CCN(C(=O)c2ccc(SC(F)F)cc2)CC1. The molecule has 1 N–H and O–H groups in total. The van der Waals surface area contributed by atoms with Crippen LogP contribution in [0.2, 0.25) is 0 Å². The number of halogens is 2. The predicted octanol–water partition coefficient (Wildman–Crippen LogP) is 2.68. The summed E-state index contributed by atoms with van der Waals surface area (Å²) in [5, 5.41) is 2.89. The van der Waals surface area contributed by atoms with Crippen molar-refractivity contribution in [3.8, 4) is 0 Å². The fraction of sp³-hybridized carbons (Fsp3) is 0.556. The van der Waals surface area contributed by atoms with E-state index in [4.69, 9.17) is 0 Å². The third-order valence-corrected chi connectivity index (χ3v) is 4.93. The Hall–Kier alpha value is -1.67. The van der Waals surface area contributed by atoms with Crippen molar-refractivity contribution in [2.75, 3.05) is 39.3 Å². The largest absolute Gasteiger partial charge is 0.355 e. The number of nitrogens with zero attached hydrogens (tertiary/aromatic N) is 2. The lowest BCUT2D eigenvalue weighted by atomic mass is 10.2. The Bertz CT molecular complexity index is 591. The van der Waals surface area contributed by atoms with Crippen molar-refractivity contribution >= 4 is 23.6 Å². The second kappa shape index (κ2) is 10.5. The standard InChI is InChI=1S/C18H25F2N3O2S/c1-2-3-8-21-16(24)13-22-9-11-23(12-10-22)17(25)14-4-6-15(7-5-14)26-18(19)20/h4-7,18H,2-3,8-13H2,1H3,(H,21,24). The second-order valence-corrected chi connectivity index (χ2v) is 7.24. The van der Waals surface area contributed by atoms with Crippen LogP contribution in [0.25, 0.3) is 0 Å². The molecule has 144 valence electrons. The number of rotatable bonds is 8. The van der Waals surface area contributed by atoms with Crippen LogP contribution >= 0.6 is 11.8 Å². The first-order valence-corrected chi connectivity index (χ1v) is 9.70. The topological polar surface area (TPSA) is 52.7 Å². The summed E-state index contributed by atoms with van der Waals surface area (Å²) in [7, 11) is 0. The summed E-state index contributed by atoms with van der Waals surface area (Å²) in [6.07, 6.45) is 2.02. The van der Waals surface area contributed by atoms with Crippen molar-refractivity contribution < 1.29 is 18.4 Å². The number of alkyl halides is 2. The molecule has 0 radical (unpaired) electrons. The maximum Gasteiger partial charge on any atom is 0.288 e. The van der Waals surface area contributed by atoms with Gasteiger partial charge in [0, 0.05) is 43.2 Å². The predicted molar refractivity (Wildman–Crippen MR) is 98.6 cm³/mol. The second-order valence-electron chi connectivity index (χ2n) is 6.17. The molecule has 0 bridgehead atoms. The van der Waals surface area contributed by atoms with Gasteiger partial charge in [0.05, 0.1) is 6.54 Å². The van der Waals surface area contributed by atoms with Gasteiger partial charge in [0.25, 0.3) is 11.7 Å². The monoisotopic (exact) mass is 385 g/mol. The van der Waals surface area contributed by atoms with Gasteiger partial charge in [-0.1, -0.05) is 25.1 Å². The summed E-state index contributed by atoms with van der Waals surface area (Å²) in [6.45, 7) is 5.52. The average molecular weight is 385 g/mol. The molecule has 0 aliphatic carbocycles. The van der Waals surface area contributed by atoms with Crippen molar-refractivity contribution in [1.82, 2.24) is 15.1 Å². The van der Waals surface area contributed by atoms with Gasteiger partial charge in [-0.15, -0.1) is 0 Å². The third kappa shape index (κ3) is 6.57. The maximum atomic E-state index is 12.5. The summed E-state index contributed by atoms with van der Waals surface area (Å²) in [5.74, 6) is -2.56. The number of nitrogens with one attached hydrogen (secondary N) is 1. The van der Waals surface area contributed by atoms with Crippen LogP contribution < -0.4 is 5.32 Å². The highest BCUT2D eigenvalue weighted by Crippen LogP contribution is 2.25. The molecule has 0 aromatic heterocycles. The molecule has 1 aromatic carbocycles. The molecule has 1 aromatic rings. The number of thioether (sulfide) groups is 1. The maximum absolute atomic E-state index is 12.5. The van der Waals surface area contributed by atoms with Crippen LogP contribution in [0.1, 0.15) is 30.1 Å². The average Bonchev–Trinajstić information content (AvgIpc) is 2.62. The lowest BCUT2D eigenvalue weighted by Gasteiger charge is -2.34. The summed E-state index contributed by atoms with van der Waals surface area (Å²) in [5.41, 5.74) is 0.495. The Kier molecular flexibility index (Phi) is 8.31. The van der Waals surface area contributed by atoms with Crippen LogP contribution in [0.15, 0.2) is 29.2 Å². The van der Waals surface area contributed by atoms with Gasteiger partial charge in [-0.2, -0.15) is 8.78 Å². The molecule has 2 rings (SSSR count). The van der Waals surface area contributed by atoms with E-state index in [1.165, 1.54) is 0 Å². The molecule has 1 aliphatic rings. The van der Waals surface area contributed by atoms with E-state index >= 15 is 0 Å². The molecule has 1 aliphatic heterocycles. The first-order chi connectivity index (χ1) is 12.5. The zero-order valence-corrected chi connectivity index (χ0v) is 15.7. The van der Waals surface area contributed by atoms with Gasteiger partial charge in [0.2, 0.25) is 5.91 Å². The zero-order valence-electron chi connectivity index (χ0n) is 14.9. The first kappa shape index (κ1) is 20.6. The summed E-state index contributed by atoms with van der Waals surface area (Å²) >= 11 is 0.464. The minimum atomic E-state index is -2.47. The van der Waals surface area contributed by atoms with Gasteiger partial charge in [-0.25, -0.2) is 0 Å². The lowest BCUT2D eigenvalue weighted by Crippen LogP contribution is -2.51. The third-order valence-electron chi connectivity index (χ3n) is 4.21. The number of hydrogen-bond donors (Lipinski definition) is 1. The normalized spacial score (nSPS) is 15.3. The Balaban J connectivity index is 1.78. The van der Waals surface area contributed by atoms with Crippen LogP contribution in [0.3, 0.4) is 0 Å². The number of carbonyl (C=O) groups excluding carboxylic acids is 2. The van der Waals surface area contributed by atoms with E-state index in [9.17, 15) is 18.4 Å². The summed E-state index contributed by atoms with van der Waals surface area (Å²) in [4.78, 5) is 28.6. The Morgan fingerprint density at radius 3 is 2.38 bits per heavy atom. The number of unbranched alkanes of at least 4 members (excludes halogenated alkanes) is 1. The van der Waals surface area contributed by atoms with E-state index in [2.05, 4.69) is 12.2 Å². The number of piperazine rings is 1. The van der Waals surface area contributed by atoms with Crippen LogP contribution in [-0.2, 0) is 4.79 Å². The molecular weight excluding hydrogens is 360 g/mol. The molecule has 0 atom stereocenters. The minimum Gasteiger partial charge on any atom is -0.355 e. The van der Waals surface area contributed by atoms with Crippen LogP contribution in [0.4, 0.5) is 8.78 Å². The molecule has 0 unspecified atom stereocenters. The van der Waals surface area contributed by atoms with Gasteiger partial charge in [0.15, 0.2) is 0 Å². The Morgan fingerprint density at radius 1 is 1.15 bits per heavy atom. The van der Waals surface area contributed by atoms with E-state index in [0.717, 1.165) is 12.8 Å². The Morgan fingerprint density at radius 2 is 1.81 bits per heavy atom. The first-order valence-electron chi connectivity index (χ1n) is 8.82. The molecule has 0 spiro atoms. The minimum absolute atomic E-state index is 0.0188. The molecule has 5 nitrogen and oxygen atoms in total. The van der Waals surface area contributed by atoms with Crippen LogP contribution in [-0.4, -0.2) is 66.6 Å². The summed E-state index contributed by atoms with van der Waals surface area (Å²) in [6, 6.07) is 6.25. The van der Waals surface area contributed by atoms with Gasteiger partial charge in [0.1, 0.15) is 0 Å². The van der Waals surface area contributed by atoms with Crippen LogP contribution in [0, 0.1) is 0 Å². The van der Waals surface area contributed by atoms with E-state index in [1.54, 1.807) is 29.2 Å². The van der Waals surface area contributed by atoms with Crippen LogP contribution in [0.5, 0.6) is 0 Å². The van der Waals surface area contributed by atoms with Crippen molar-refractivity contribution in [2.24, 2.45) is 0 Å². The van der Waals surface area contributed by atoms with E-state index < -0.39 is 5.76 Å². The van der Waals surface area contributed by atoms with E-state index in [-0.39, 0.29) is 11.8 Å². The van der Waals surface area contributed by atoms with Crippen molar-refractivity contribution in [3.05, 3.63) is 29.8 Å². The molecule has 8 heteroatoms. The molecular formula is C18H25F2N3O2S. The quantitative estimate of drug-likeness (QED) is 0.552. The highest BCUT2D eigenvalue weighted by atomic mass is 32.2. The fourth-order valence-corrected chi connectivity index (χ4v) is 3.23.